The maximum atomic E-state index is 14.5. The molecule has 3 aromatic rings. The van der Waals surface area contributed by atoms with E-state index in [0.717, 1.165) is 53.7 Å². The van der Waals surface area contributed by atoms with Gasteiger partial charge in [0.2, 0.25) is 5.79 Å². The number of benzene rings is 3. The number of ether oxygens (including phenoxy) is 4. The van der Waals surface area contributed by atoms with Crippen molar-refractivity contribution < 1.29 is 38.8 Å². The fraction of sp³-hybridized carbons (Fsp3) is 0.458. The topological polar surface area (TPSA) is 119 Å². The molecule has 10 heteroatoms. The largest absolute Gasteiger partial charge is 0.490 e. The van der Waals surface area contributed by atoms with E-state index in [0.29, 0.717) is 43.9 Å². The summed E-state index contributed by atoms with van der Waals surface area (Å²) >= 11 is 0. The third-order valence-corrected chi connectivity index (χ3v) is 11.5. The molecule has 58 heavy (non-hydrogen) atoms. The van der Waals surface area contributed by atoms with Crippen molar-refractivity contribution in [2.45, 2.75) is 89.3 Å². The van der Waals surface area contributed by atoms with Crippen LogP contribution in [0.1, 0.15) is 80.9 Å². The number of allylic oxidation sites excluding steroid dienone is 1. The van der Waals surface area contributed by atoms with Crippen molar-refractivity contribution in [1.82, 2.24) is 4.90 Å². The van der Waals surface area contributed by atoms with Crippen molar-refractivity contribution >= 4 is 11.8 Å². The van der Waals surface area contributed by atoms with E-state index in [9.17, 15) is 15.0 Å². The zero-order chi connectivity index (χ0) is 40.7. The number of unbranched alkanes of at least 4 members (excludes halogenated alkanes) is 2. The van der Waals surface area contributed by atoms with Gasteiger partial charge in [-0.15, -0.1) is 6.58 Å². The number of hydrogen-bond donors (Lipinski definition) is 2. The molecule has 1 fully saturated rings. The molecule has 10 nitrogen and oxygen atoms in total. The van der Waals surface area contributed by atoms with Gasteiger partial charge in [-0.05, 0) is 78.8 Å². The van der Waals surface area contributed by atoms with Gasteiger partial charge in [-0.1, -0.05) is 110 Å². The van der Waals surface area contributed by atoms with Gasteiger partial charge < -0.3 is 34.0 Å². The number of carbonyl (C=O) groups excluding carboxylic acids is 1. The molecule has 2 N–H and O–H groups in total. The monoisotopic (exact) mass is 792 g/mol. The highest BCUT2D eigenvalue weighted by Crippen LogP contribution is 2.62. The number of nitrogens with zero attached hydrogens (tertiary/aromatic N) is 2. The van der Waals surface area contributed by atoms with E-state index in [-0.39, 0.29) is 57.2 Å². The van der Waals surface area contributed by atoms with Crippen LogP contribution in [0.4, 0.5) is 4.79 Å². The molecular weight excluding hydrogens is 733 g/mol. The summed E-state index contributed by atoms with van der Waals surface area (Å²) in [6.45, 7) is 11.5. The smallest absolute Gasteiger partial charge is 0.410 e. The van der Waals surface area contributed by atoms with Gasteiger partial charge in [0.15, 0.2) is 0 Å². The number of fused-ring (bicyclic) bond motifs is 2. The quantitative estimate of drug-likeness (QED) is 0.0588. The molecule has 310 valence electrons. The Morgan fingerprint density at radius 2 is 1.60 bits per heavy atom. The molecule has 3 aliphatic rings. The molecular formula is C48H60N2O8. The van der Waals surface area contributed by atoms with Gasteiger partial charge in [-0.25, -0.2) is 4.79 Å². The van der Waals surface area contributed by atoms with E-state index >= 15 is 0 Å². The molecule has 2 aliphatic carbocycles. The minimum Gasteiger partial charge on any atom is -0.490 e. The summed E-state index contributed by atoms with van der Waals surface area (Å²) in [4.78, 5) is 22.5. The molecule has 3 aromatic carbocycles. The lowest BCUT2D eigenvalue weighted by molar-refractivity contribution is -0.255. The number of hydrogen-bond acceptors (Lipinski definition) is 9. The van der Waals surface area contributed by atoms with Gasteiger partial charge in [0.1, 0.15) is 37.4 Å². The number of amides is 1. The van der Waals surface area contributed by atoms with E-state index in [1.54, 1.807) is 17.1 Å². The zero-order valence-corrected chi connectivity index (χ0v) is 33.9. The average molecular weight is 793 g/mol. The van der Waals surface area contributed by atoms with Crippen molar-refractivity contribution in [3.05, 3.63) is 133 Å². The Morgan fingerprint density at radius 3 is 2.28 bits per heavy atom. The minimum absolute atomic E-state index is 0.0953. The summed E-state index contributed by atoms with van der Waals surface area (Å²) < 4.78 is 26.5. The van der Waals surface area contributed by atoms with Crippen LogP contribution in [0.5, 0.6) is 11.5 Å². The summed E-state index contributed by atoms with van der Waals surface area (Å²) in [6, 6.07) is 24.9. The molecule has 1 saturated carbocycles. The summed E-state index contributed by atoms with van der Waals surface area (Å²) in [5, 5.41) is 24.7. The van der Waals surface area contributed by atoms with Gasteiger partial charge in [0.25, 0.3) is 0 Å². The first-order valence-corrected chi connectivity index (χ1v) is 20.9. The maximum Gasteiger partial charge on any atom is 0.410 e. The van der Waals surface area contributed by atoms with Gasteiger partial charge in [-0.3, -0.25) is 4.90 Å². The van der Waals surface area contributed by atoms with Crippen LogP contribution in [0.15, 0.2) is 121 Å². The predicted molar refractivity (Wildman–Crippen MR) is 226 cm³/mol. The van der Waals surface area contributed by atoms with Crippen LogP contribution in [-0.4, -0.2) is 71.7 Å². The van der Waals surface area contributed by atoms with Crippen molar-refractivity contribution in [1.29, 1.82) is 0 Å². The van der Waals surface area contributed by atoms with Crippen molar-refractivity contribution in [2.75, 3.05) is 33.0 Å². The van der Waals surface area contributed by atoms with Crippen LogP contribution in [0.3, 0.4) is 0 Å². The van der Waals surface area contributed by atoms with Crippen LogP contribution >= 0.6 is 0 Å². The summed E-state index contributed by atoms with van der Waals surface area (Å²) in [7, 11) is 0. The van der Waals surface area contributed by atoms with E-state index in [1.807, 2.05) is 79.7 Å². The summed E-state index contributed by atoms with van der Waals surface area (Å²) in [5.41, 5.74) is 4.58. The molecule has 1 amide bonds. The van der Waals surface area contributed by atoms with Crippen molar-refractivity contribution in [3.63, 3.8) is 0 Å². The second kappa shape index (κ2) is 21.2. The molecule has 0 aromatic heterocycles. The Balaban J connectivity index is 1.55. The van der Waals surface area contributed by atoms with E-state index in [2.05, 4.69) is 25.3 Å². The van der Waals surface area contributed by atoms with Crippen LogP contribution in [0, 0.1) is 17.8 Å². The number of carbonyl (C=O) groups is 1. The van der Waals surface area contributed by atoms with Gasteiger partial charge in [0.05, 0.1) is 18.2 Å². The number of aliphatic hydroxyl groups excluding tert-OH is 2. The molecule has 1 heterocycles. The lowest BCUT2D eigenvalue weighted by Crippen LogP contribution is -2.70. The Bertz CT molecular complexity index is 1850. The fourth-order valence-corrected chi connectivity index (χ4v) is 9.07. The van der Waals surface area contributed by atoms with Crippen LogP contribution in [0.25, 0.3) is 0 Å². The lowest BCUT2D eigenvalue weighted by atomic mass is 9.55. The average Bonchev–Trinajstić information content (AvgIpc) is 3.25. The molecule has 1 aliphatic heterocycles. The van der Waals surface area contributed by atoms with E-state index in [4.69, 9.17) is 28.9 Å². The minimum atomic E-state index is -1.37. The summed E-state index contributed by atoms with van der Waals surface area (Å²) in [6.07, 6.45) is 11.0. The van der Waals surface area contributed by atoms with Gasteiger partial charge in [-0.2, -0.15) is 0 Å². The highest BCUT2D eigenvalue weighted by Gasteiger charge is 2.65. The normalized spacial score (nSPS) is 23.7. The summed E-state index contributed by atoms with van der Waals surface area (Å²) in [5.74, 6) is -0.386. The first-order chi connectivity index (χ1) is 28.5. The number of oxime groups is 1. The number of rotatable bonds is 22. The van der Waals surface area contributed by atoms with Gasteiger partial charge in [0, 0.05) is 37.7 Å². The van der Waals surface area contributed by atoms with Crippen LogP contribution in [0.2, 0.25) is 0 Å². The highest BCUT2D eigenvalue weighted by atomic mass is 16.7. The Kier molecular flexibility index (Phi) is 15.6. The second-order valence-electron chi connectivity index (χ2n) is 15.4. The Morgan fingerprint density at radius 1 is 0.914 bits per heavy atom. The van der Waals surface area contributed by atoms with Crippen molar-refractivity contribution in [2.24, 2.45) is 22.9 Å². The Hall–Kier alpha value is -4.90. The highest BCUT2D eigenvalue weighted by molar-refractivity contribution is 6.03. The Labute approximate surface area is 343 Å². The van der Waals surface area contributed by atoms with Gasteiger partial charge >= 0.3 is 6.09 Å². The SMILES string of the molecule is C=CCOc1ccc2c(c1)C1C(CCCCO)C(CCCCO)C=C3C(=NOCc4ccccc4)CC(N(CCC)C(=O)OCc4ccccc4)C(OCC=C)(O2)C31. The first kappa shape index (κ1) is 42.7. The van der Waals surface area contributed by atoms with E-state index < -0.39 is 23.8 Å². The predicted octanol–water partition coefficient (Wildman–Crippen LogP) is 9.13. The molecule has 6 rings (SSSR count). The van der Waals surface area contributed by atoms with Crippen LogP contribution < -0.4 is 9.47 Å². The van der Waals surface area contributed by atoms with E-state index in [1.165, 1.54) is 0 Å². The van der Waals surface area contributed by atoms with Crippen molar-refractivity contribution in [3.8, 4) is 11.5 Å². The molecule has 0 spiro atoms. The third kappa shape index (κ3) is 9.85. The molecule has 6 unspecified atom stereocenters. The zero-order valence-electron chi connectivity index (χ0n) is 33.9. The fourth-order valence-electron chi connectivity index (χ4n) is 9.07. The van der Waals surface area contributed by atoms with Crippen LogP contribution in [-0.2, 0) is 27.5 Å². The standard InChI is InChI=1S/C48H60N2O8/c1-4-25-50(47(53)55-33-35-17-9-7-10-18-35)44-32-42(49-57-34-36-19-11-8-12-20-36)40-30-37(21-13-15-26-51)39(22-14-16-27-52)45-41-31-38(54-28-5-2)23-24-43(41)58-48(44,46(40)45)56-29-6-3/h5-12,17-20,23-24,30-31,37,39,44-46,51-52H,2-4,13-16,21-22,25-29,32-34H2,1H3. The lowest BCUT2D eigenvalue weighted by Gasteiger charge is -2.59. The third-order valence-electron chi connectivity index (χ3n) is 11.5. The second-order valence-corrected chi connectivity index (χ2v) is 15.4. The number of aliphatic hydroxyl groups is 2. The molecule has 0 radical (unpaired) electrons. The molecule has 6 atom stereocenters. The maximum absolute atomic E-state index is 14.5. The molecule has 0 bridgehead atoms. The molecule has 0 saturated heterocycles. The first-order valence-electron chi connectivity index (χ1n) is 20.9.